The average molecular weight is 507 g/mol. The van der Waals surface area contributed by atoms with E-state index in [1.54, 1.807) is 30.3 Å². The largest absolute Gasteiger partial charge is 0.422 e. The lowest BCUT2D eigenvalue weighted by Crippen LogP contribution is -2.43. The fraction of sp³-hybridized carbons (Fsp3) is 0.357. The highest BCUT2D eigenvalue weighted by Crippen LogP contribution is 2.71. The first-order valence-electron chi connectivity index (χ1n) is 11.9. The highest BCUT2D eigenvalue weighted by Gasteiger charge is 2.71. The third-order valence-electron chi connectivity index (χ3n) is 8.70. The molecular weight excluding hydrogens is 480 g/mol. The molecule has 0 aliphatic heterocycles. The van der Waals surface area contributed by atoms with Crippen LogP contribution in [0.15, 0.2) is 62.9 Å². The summed E-state index contributed by atoms with van der Waals surface area (Å²) in [6.07, 6.45) is 1.75. The molecule has 2 aliphatic carbocycles. The molecule has 1 amide bonds. The summed E-state index contributed by atoms with van der Waals surface area (Å²) in [6, 6.07) is 13.8. The van der Waals surface area contributed by atoms with Crippen molar-refractivity contribution in [1.29, 1.82) is 0 Å². The molecule has 36 heavy (non-hydrogen) atoms. The quantitative estimate of drug-likeness (QED) is 0.261. The molecular formula is C28H27ClN2O5. The van der Waals surface area contributed by atoms with Crippen LogP contribution in [0.3, 0.4) is 0 Å². The lowest BCUT2D eigenvalue weighted by Gasteiger charge is -2.39. The van der Waals surface area contributed by atoms with Gasteiger partial charge in [0.15, 0.2) is 0 Å². The van der Waals surface area contributed by atoms with Crippen LogP contribution in [0.25, 0.3) is 11.0 Å². The van der Waals surface area contributed by atoms with E-state index in [1.807, 2.05) is 19.1 Å². The van der Waals surface area contributed by atoms with Crippen molar-refractivity contribution >= 4 is 45.8 Å². The number of aryl methyl sites for hydroxylation is 1. The van der Waals surface area contributed by atoms with Gasteiger partial charge in [0.2, 0.25) is 5.91 Å². The number of para-hydroxylation sites is 1. The predicted octanol–water partition coefficient (Wildman–Crippen LogP) is 6.12. The molecule has 2 bridgehead atoms. The molecule has 2 unspecified atom stereocenters. The summed E-state index contributed by atoms with van der Waals surface area (Å²) in [5.74, 6) is -0.998. The van der Waals surface area contributed by atoms with Crippen LogP contribution in [0.2, 0.25) is 5.02 Å². The zero-order valence-electron chi connectivity index (χ0n) is 20.6. The number of carbonyl (C=O) groups is 2. The number of rotatable bonds is 4. The molecule has 2 saturated carbocycles. The van der Waals surface area contributed by atoms with Gasteiger partial charge < -0.3 is 14.6 Å². The van der Waals surface area contributed by atoms with Gasteiger partial charge in [0, 0.05) is 27.9 Å². The molecule has 2 atom stereocenters. The van der Waals surface area contributed by atoms with Gasteiger partial charge >= 0.3 is 11.6 Å². The minimum Gasteiger partial charge on any atom is -0.422 e. The maximum atomic E-state index is 13.7. The number of halogens is 1. The Kier molecular flexibility index (Phi) is 5.59. The minimum absolute atomic E-state index is 0.108. The zero-order chi connectivity index (χ0) is 25.9. The minimum atomic E-state index is -0.890. The fourth-order valence-corrected chi connectivity index (χ4v) is 5.97. The molecule has 8 heteroatoms. The monoisotopic (exact) mass is 506 g/mol. The molecule has 1 N–H and O–H groups in total. The van der Waals surface area contributed by atoms with Gasteiger partial charge in [-0.25, -0.2) is 9.59 Å². The summed E-state index contributed by atoms with van der Waals surface area (Å²) in [6.45, 7) is 8.07. The van der Waals surface area contributed by atoms with Crippen molar-refractivity contribution in [2.75, 3.05) is 5.32 Å². The standard InChI is InChI=1S/C28H27ClN2O5/c1-16-9-10-18(14-20(16)29)30-25(34)28-12-11-27(4,26(28,2)3)22(15-28)31-36-24(33)19-13-17-7-5-6-8-21(17)35-23(19)32/h5-10,13-14H,11-12,15H2,1-4H3,(H,30,34)/b31-22-. The van der Waals surface area contributed by atoms with E-state index in [9.17, 15) is 14.4 Å². The van der Waals surface area contributed by atoms with E-state index in [1.165, 1.54) is 6.07 Å². The number of anilines is 1. The molecule has 1 heterocycles. The maximum absolute atomic E-state index is 13.7. The van der Waals surface area contributed by atoms with Crippen molar-refractivity contribution in [2.24, 2.45) is 21.4 Å². The van der Waals surface area contributed by atoms with E-state index < -0.39 is 27.8 Å². The number of hydrogen-bond donors (Lipinski definition) is 1. The summed E-state index contributed by atoms with van der Waals surface area (Å²) in [7, 11) is 0. The van der Waals surface area contributed by atoms with Crippen molar-refractivity contribution < 1.29 is 18.8 Å². The molecule has 0 radical (unpaired) electrons. The summed E-state index contributed by atoms with van der Waals surface area (Å²) in [5, 5.41) is 8.45. The van der Waals surface area contributed by atoms with E-state index in [2.05, 4.69) is 31.2 Å². The van der Waals surface area contributed by atoms with Gasteiger partial charge in [-0.2, -0.15) is 0 Å². The Bertz CT molecular complexity index is 1510. The van der Waals surface area contributed by atoms with Crippen LogP contribution >= 0.6 is 11.6 Å². The Morgan fingerprint density at radius 1 is 1.08 bits per heavy atom. The predicted molar refractivity (Wildman–Crippen MR) is 138 cm³/mol. The second kappa shape index (κ2) is 8.30. The Morgan fingerprint density at radius 2 is 1.83 bits per heavy atom. The smallest absolute Gasteiger partial charge is 0.373 e. The van der Waals surface area contributed by atoms with Gasteiger partial charge in [0.1, 0.15) is 11.1 Å². The van der Waals surface area contributed by atoms with Crippen molar-refractivity contribution in [3.05, 3.63) is 75.1 Å². The number of hydrogen-bond acceptors (Lipinski definition) is 6. The highest BCUT2D eigenvalue weighted by molar-refractivity contribution is 6.31. The molecule has 0 saturated heterocycles. The van der Waals surface area contributed by atoms with Crippen LogP contribution < -0.4 is 10.9 Å². The highest BCUT2D eigenvalue weighted by atomic mass is 35.5. The summed E-state index contributed by atoms with van der Waals surface area (Å²) < 4.78 is 5.24. The van der Waals surface area contributed by atoms with Gasteiger partial charge in [0.25, 0.3) is 0 Å². The van der Waals surface area contributed by atoms with Crippen molar-refractivity contribution in [2.45, 2.75) is 47.0 Å². The second-order valence-electron chi connectivity index (χ2n) is 10.5. The third kappa shape index (κ3) is 3.48. The summed E-state index contributed by atoms with van der Waals surface area (Å²) in [4.78, 5) is 44.0. The normalized spacial score (nSPS) is 25.3. The number of carbonyl (C=O) groups excluding carboxylic acids is 2. The van der Waals surface area contributed by atoms with E-state index in [-0.39, 0.29) is 11.5 Å². The Labute approximate surface area is 213 Å². The molecule has 0 spiro atoms. The van der Waals surface area contributed by atoms with E-state index >= 15 is 0 Å². The van der Waals surface area contributed by atoms with Crippen LogP contribution in [0.4, 0.5) is 5.69 Å². The molecule has 2 aliphatic rings. The van der Waals surface area contributed by atoms with Gasteiger partial charge in [-0.15, -0.1) is 0 Å². The Hall–Kier alpha value is -3.45. The topological polar surface area (TPSA) is 98.0 Å². The van der Waals surface area contributed by atoms with Gasteiger partial charge in [-0.05, 0) is 55.0 Å². The van der Waals surface area contributed by atoms with Crippen molar-refractivity contribution in [1.82, 2.24) is 0 Å². The lowest BCUT2D eigenvalue weighted by atomic mass is 9.64. The van der Waals surface area contributed by atoms with Gasteiger partial charge in [-0.3, -0.25) is 4.79 Å². The van der Waals surface area contributed by atoms with Gasteiger partial charge in [-0.1, -0.05) is 61.8 Å². The fourth-order valence-electron chi connectivity index (χ4n) is 5.79. The molecule has 7 nitrogen and oxygen atoms in total. The summed E-state index contributed by atoms with van der Waals surface area (Å²) in [5.41, 5.74) is -0.0690. The maximum Gasteiger partial charge on any atom is 0.373 e. The number of amides is 1. The first kappa shape index (κ1) is 24.3. The van der Waals surface area contributed by atoms with Gasteiger partial charge in [0.05, 0.1) is 11.1 Å². The third-order valence-corrected chi connectivity index (χ3v) is 9.11. The number of nitrogens with zero attached hydrogens (tertiary/aromatic N) is 1. The number of fused-ring (bicyclic) bond motifs is 3. The number of benzene rings is 2. The summed E-state index contributed by atoms with van der Waals surface area (Å²) >= 11 is 6.25. The van der Waals surface area contributed by atoms with Crippen LogP contribution in [0, 0.1) is 23.2 Å². The Morgan fingerprint density at radius 3 is 2.58 bits per heavy atom. The molecule has 2 fully saturated rings. The molecule has 186 valence electrons. The van der Waals surface area contributed by atoms with Crippen LogP contribution in [-0.4, -0.2) is 17.6 Å². The Balaban J connectivity index is 1.41. The van der Waals surface area contributed by atoms with E-state index in [4.69, 9.17) is 20.9 Å². The molecule has 1 aromatic heterocycles. The van der Waals surface area contributed by atoms with Crippen molar-refractivity contribution in [3.63, 3.8) is 0 Å². The molecule has 2 aromatic carbocycles. The SMILES string of the molecule is Cc1ccc(NC(=O)C23CCC(C)(/C(=N\OC(=O)c4cc5ccccc5oc4=O)C2)C3(C)C)cc1Cl. The number of nitrogens with one attached hydrogen (secondary N) is 1. The number of oxime groups is 1. The van der Waals surface area contributed by atoms with E-state index in [0.717, 1.165) is 12.0 Å². The van der Waals surface area contributed by atoms with Crippen LogP contribution in [-0.2, 0) is 9.63 Å². The first-order chi connectivity index (χ1) is 17.0. The second-order valence-corrected chi connectivity index (χ2v) is 10.9. The van der Waals surface area contributed by atoms with E-state index in [0.29, 0.717) is 40.2 Å². The first-order valence-corrected chi connectivity index (χ1v) is 12.3. The average Bonchev–Trinajstić information content (AvgIpc) is 3.15. The van der Waals surface area contributed by atoms with Crippen molar-refractivity contribution in [3.8, 4) is 0 Å². The molecule has 3 aromatic rings. The molecule has 5 rings (SSSR count). The lowest BCUT2D eigenvalue weighted by molar-refractivity contribution is -0.130. The van der Waals surface area contributed by atoms with Crippen LogP contribution in [0.5, 0.6) is 0 Å². The van der Waals surface area contributed by atoms with Crippen LogP contribution in [0.1, 0.15) is 56.0 Å². The zero-order valence-corrected chi connectivity index (χ0v) is 21.4.